The molecular formula is C13H13NO. The first-order chi connectivity index (χ1) is 7.25. The molecule has 1 aromatic carbocycles. The molecule has 76 valence electrons. The summed E-state index contributed by atoms with van der Waals surface area (Å²) in [6.45, 7) is 4.03. The smallest absolute Gasteiger partial charge is 0.133 e. The second kappa shape index (κ2) is 4.13. The van der Waals surface area contributed by atoms with E-state index in [2.05, 4.69) is 4.98 Å². The highest BCUT2D eigenvalue weighted by Crippen LogP contribution is 2.24. The van der Waals surface area contributed by atoms with E-state index in [-0.39, 0.29) is 0 Å². The number of ether oxygens (including phenoxy) is 1. The molecule has 1 heterocycles. The van der Waals surface area contributed by atoms with Gasteiger partial charge in [0.25, 0.3) is 0 Å². The van der Waals surface area contributed by atoms with E-state index in [4.69, 9.17) is 4.74 Å². The quantitative estimate of drug-likeness (QED) is 0.738. The standard InChI is InChI=1S/C13H13NO/c1-10-4-3-5-12(8-10)15-13-6-7-14-9-11(13)2/h3-9H,1-2H3. The molecule has 0 fully saturated rings. The maximum Gasteiger partial charge on any atom is 0.133 e. The third kappa shape index (κ3) is 2.34. The van der Waals surface area contributed by atoms with E-state index in [1.165, 1.54) is 5.56 Å². The van der Waals surface area contributed by atoms with Crippen LogP contribution < -0.4 is 4.74 Å². The highest BCUT2D eigenvalue weighted by atomic mass is 16.5. The monoisotopic (exact) mass is 199 g/mol. The summed E-state index contributed by atoms with van der Waals surface area (Å²) in [5, 5.41) is 0. The van der Waals surface area contributed by atoms with Gasteiger partial charge in [-0.25, -0.2) is 0 Å². The average Bonchev–Trinajstić information content (AvgIpc) is 2.22. The Bertz CT molecular complexity index is 466. The van der Waals surface area contributed by atoms with E-state index in [1.54, 1.807) is 12.4 Å². The molecular weight excluding hydrogens is 186 g/mol. The molecule has 0 radical (unpaired) electrons. The molecule has 2 rings (SSSR count). The number of nitrogens with zero attached hydrogens (tertiary/aromatic N) is 1. The Morgan fingerprint density at radius 2 is 2.00 bits per heavy atom. The molecule has 0 saturated heterocycles. The number of hydrogen-bond acceptors (Lipinski definition) is 2. The van der Waals surface area contributed by atoms with Crippen LogP contribution in [0.3, 0.4) is 0 Å². The van der Waals surface area contributed by atoms with E-state index in [0.29, 0.717) is 0 Å². The van der Waals surface area contributed by atoms with Crippen molar-refractivity contribution < 1.29 is 4.74 Å². The molecule has 0 saturated carbocycles. The molecule has 15 heavy (non-hydrogen) atoms. The molecule has 0 N–H and O–H groups in total. The van der Waals surface area contributed by atoms with Crippen molar-refractivity contribution >= 4 is 0 Å². The van der Waals surface area contributed by atoms with Crippen LogP contribution in [0.5, 0.6) is 11.5 Å². The Labute approximate surface area is 89.6 Å². The third-order valence-corrected chi connectivity index (χ3v) is 2.19. The summed E-state index contributed by atoms with van der Waals surface area (Å²) in [6, 6.07) is 9.87. The molecule has 2 heteroatoms. The first kappa shape index (κ1) is 9.71. The Kier molecular flexibility index (Phi) is 2.68. The minimum Gasteiger partial charge on any atom is -0.457 e. The minimum absolute atomic E-state index is 0.857. The van der Waals surface area contributed by atoms with Gasteiger partial charge in [0, 0.05) is 18.0 Å². The van der Waals surface area contributed by atoms with Crippen LogP contribution in [0.4, 0.5) is 0 Å². The van der Waals surface area contributed by atoms with Gasteiger partial charge in [-0.1, -0.05) is 12.1 Å². The highest BCUT2D eigenvalue weighted by Gasteiger charge is 2.00. The molecule has 0 aliphatic rings. The third-order valence-electron chi connectivity index (χ3n) is 2.19. The van der Waals surface area contributed by atoms with E-state index >= 15 is 0 Å². The van der Waals surface area contributed by atoms with E-state index in [9.17, 15) is 0 Å². The zero-order valence-electron chi connectivity index (χ0n) is 8.90. The summed E-state index contributed by atoms with van der Waals surface area (Å²) in [5.74, 6) is 1.72. The maximum absolute atomic E-state index is 5.75. The topological polar surface area (TPSA) is 22.1 Å². The second-order valence-corrected chi connectivity index (χ2v) is 3.56. The second-order valence-electron chi connectivity index (χ2n) is 3.56. The fraction of sp³-hybridized carbons (Fsp3) is 0.154. The predicted molar refractivity (Wildman–Crippen MR) is 60.2 cm³/mol. The number of pyridine rings is 1. The lowest BCUT2D eigenvalue weighted by Gasteiger charge is -2.08. The number of benzene rings is 1. The highest BCUT2D eigenvalue weighted by molar-refractivity contribution is 5.36. The van der Waals surface area contributed by atoms with Gasteiger partial charge in [0.1, 0.15) is 11.5 Å². The summed E-state index contributed by atoms with van der Waals surface area (Å²) in [4.78, 5) is 4.02. The van der Waals surface area contributed by atoms with Gasteiger partial charge in [-0.15, -0.1) is 0 Å². The van der Waals surface area contributed by atoms with Gasteiger partial charge in [0.05, 0.1) is 0 Å². The predicted octanol–water partition coefficient (Wildman–Crippen LogP) is 3.49. The zero-order chi connectivity index (χ0) is 10.7. The van der Waals surface area contributed by atoms with Crippen molar-refractivity contribution in [3.05, 3.63) is 53.9 Å². The number of aryl methyl sites for hydroxylation is 2. The molecule has 0 bridgehead atoms. The van der Waals surface area contributed by atoms with Gasteiger partial charge in [-0.3, -0.25) is 4.98 Å². The van der Waals surface area contributed by atoms with Gasteiger partial charge in [0.15, 0.2) is 0 Å². The summed E-state index contributed by atoms with van der Waals surface area (Å²) < 4.78 is 5.75. The fourth-order valence-corrected chi connectivity index (χ4v) is 1.38. The van der Waals surface area contributed by atoms with Crippen LogP contribution >= 0.6 is 0 Å². The van der Waals surface area contributed by atoms with Crippen molar-refractivity contribution in [3.8, 4) is 11.5 Å². The van der Waals surface area contributed by atoms with Crippen LogP contribution in [-0.4, -0.2) is 4.98 Å². The van der Waals surface area contributed by atoms with Crippen LogP contribution in [0.1, 0.15) is 11.1 Å². The van der Waals surface area contributed by atoms with Gasteiger partial charge in [0.2, 0.25) is 0 Å². The first-order valence-corrected chi connectivity index (χ1v) is 4.91. The molecule has 0 atom stereocenters. The number of hydrogen-bond donors (Lipinski definition) is 0. The van der Waals surface area contributed by atoms with Gasteiger partial charge >= 0.3 is 0 Å². The van der Waals surface area contributed by atoms with Crippen LogP contribution in [0.25, 0.3) is 0 Å². The van der Waals surface area contributed by atoms with Crippen LogP contribution in [0, 0.1) is 13.8 Å². The molecule has 0 amide bonds. The summed E-state index contributed by atoms with van der Waals surface area (Å²) in [7, 11) is 0. The summed E-state index contributed by atoms with van der Waals surface area (Å²) in [6.07, 6.45) is 3.53. The van der Waals surface area contributed by atoms with Crippen molar-refractivity contribution in [2.45, 2.75) is 13.8 Å². The lowest BCUT2D eigenvalue weighted by atomic mass is 10.2. The van der Waals surface area contributed by atoms with E-state index < -0.39 is 0 Å². The number of aromatic nitrogens is 1. The van der Waals surface area contributed by atoms with Crippen molar-refractivity contribution in [1.29, 1.82) is 0 Å². The lowest BCUT2D eigenvalue weighted by Crippen LogP contribution is -1.88. The Morgan fingerprint density at radius 1 is 1.13 bits per heavy atom. The van der Waals surface area contributed by atoms with Crippen LogP contribution in [-0.2, 0) is 0 Å². The molecule has 0 aliphatic carbocycles. The molecule has 2 aromatic rings. The molecule has 1 aromatic heterocycles. The van der Waals surface area contributed by atoms with Crippen molar-refractivity contribution in [3.63, 3.8) is 0 Å². The minimum atomic E-state index is 0.857. The molecule has 0 unspecified atom stereocenters. The first-order valence-electron chi connectivity index (χ1n) is 4.91. The SMILES string of the molecule is Cc1cccc(Oc2ccncc2C)c1. The fourth-order valence-electron chi connectivity index (χ4n) is 1.38. The molecule has 0 spiro atoms. The van der Waals surface area contributed by atoms with E-state index in [1.807, 2.05) is 44.2 Å². The van der Waals surface area contributed by atoms with E-state index in [0.717, 1.165) is 17.1 Å². The van der Waals surface area contributed by atoms with Crippen LogP contribution in [0.2, 0.25) is 0 Å². The average molecular weight is 199 g/mol. The zero-order valence-corrected chi connectivity index (χ0v) is 8.90. The van der Waals surface area contributed by atoms with Crippen molar-refractivity contribution in [2.75, 3.05) is 0 Å². The Morgan fingerprint density at radius 3 is 2.73 bits per heavy atom. The molecule has 2 nitrogen and oxygen atoms in total. The Balaban J connectivity index is 2.26. The lowest BCUT2D eigenvalue weighted by molar-refractivity contribution is 0.477. The summed E-state index contributed by atoms with van der Waals surface area (Å²) >= 11 is 0. The van der Waals surface area contributed by atoms with Crippen LogP contribution in [0.15, 0.2) is 42.7 Å². The Hall–Kier alpha value is -1.83. The van der Waals surface area contributed by atoms with Gasteiger partial charge in [-0.05, 0) is 37.6 Å². The van der Waals surface area contributed by atoms with Gasteiger partial charge < -0.3 is 4.74 Å². The van der Waals surface area contributed by atoms with Gasteiger partial charge in [-0.2, -0.15) is 0 Å². The number of rotatable bonds is 2. The normalized spacial score (nSPS) is 10.0. The maximum atomic E-state index is 5.75. The van der Waals surface area contributed by atoms with Crippen molar-refractivity contribution in [2.24, 2.45) is 0 Å². The van der Waals surface area contributed by atoms with Crippen molar-refractivity contribution in [1.82, 2.24) is 4.98 Å². The molecule has 0 aliphatic heterocycles. The largest absolute Gasteiger partial charge is 0.457 e. The summed E-state index contributed by atoms with van der Waals surface area (Å²) in [5.41, 5.74) is 2.23.